The molecule has 51 heavy (non-hydrogen) atoms. The molecular formula is C44H24N4O2S. The minimum Gasteiger partial charge on any atom is -0.456 e. The van der Waals surface area contributed by atoms with Gasteiger partial charge in [0.2, 0.25) is 5.89 Å². The molecule has 0 spiro atoms. The third kappa shape index (κ3) is 4.49. The maximum Gasteiger partial charge on any atom is 0.227 e. The standard InChI is InChI=1S/C44H24N4O2S/c1-3-10-25(11-4-1)41-46-42(48-43(47-41)31-15-9-17-37-38(31)30-14-7-8-16-36(30)51-37)28-19-18-27-24-35-32(23-29(27)22-28)39-34(49-35)21-20-33-40(39)50-44(45-33)26-12-5-2-6-13-26/h1-24H. The van der Waals surface area contributed by atoms with Gasteiger partial charge in [0.25, 0.3) is 0 Å². The fraction of sp³-hybridized carbons (Fsp3) is 0. The Morgan fingerprint density at radius 1 is 0.431 bits per heavy atom. The minimum atomic E-state index is 0.585. The molecule has 0 bridgehead atoms. The highest BCUT2D eigenvalue weighted by Gasteiger charge is 2.19. The van der Waals surface area contributed by atoms with Crippen LogP contribution in [-0.2, 0) is 0 Å². The van der Waals surface area contributed by atoms with Crippen molar-refractivity contribution in [1.82, 2.24) is 19.9 Å². The Bertz CT molecular complexity index is 3150. The third-order valence-electron chi connectivity index (χ3n) is 9.54. The van der Waals surface area contributed by atoms with Crippen molar-refractivity contribution in [2.24, 2.45) is 0 Å². The van der Waals surface area contributed by atoms with Crippen LogP contribution >= 0.6 is 11.3 Å². The Morgan fingerprint density at radius 2 is 1.18 bits per heavy atom. The quantitative estimate of drug-likeness (QED) is 0.185. The van der Waals surface area contributed by atoms with Crippen molar-refractivity contribution >= 4 is 75.3 Å². The highest BCUT2D eigenvalue weighted by molar-refractivity contribution is 7.25. The molecule has 0 saturated carbocycles. The second-order valence-electron chi connectivity index (χ2n) is 12.6. The SMILES string of the molecule is c1ccc(-c2nc(-c3ccc4cc5oc6ccc7nc(-c8ccccc8)oc7c6c5cc4c3)nc(-c3cccc4sc5ccccc5c34)n2)cc1. The van der Waals surface area contributed by atoms with Crippen LogP contribution in [0.25, 0.3) is 110 Å². The first-order valence-corrected chi connectivity index (χ1v) is 17.5. The molecule has 0 radical (unpaired) electrons. The number of fused-ring (bicyclic) bond motifs is 9. The van der Waals surface area contributed by atoms with Crippen LogP contribution in [-0.4, -0.2) is 19.9 Å². The third-order valence-corrected chi connectivity index (χ3v) is 10.7. The second-order valence-corrected chi connectivity index (χ2v) is 13.7. The van der Waals surface area contributed by atoms with Gasteiger partial charge in [0.15, 0.2) is 23.1 Å². The Morgan fingerprint density at radius 3 is 2.04 bits per heavy atom. The van der Waals surface area contributed by atoms with E-state index in [4.69, 9.17) is 28.8 Å². The summed E-state index contributed by atoms with van der Waals surface area (Å²) in [5.41, 5.74) is 6.80. The first kappa shape index (κ1) is 28.2. The molecule has 0 amide bonds. The predicted molar refractivity (Wildman–Crippen MR) is 207 cm³/mol. The first-order chi connectivity index (χ1) is 25.2. The van der Waals surface area contributed by atoms with Crippen molar-refractivity contribution in [3.8, 4) is 45.6 Å². The summed E-state index contributed by atoms with van der Waals surface area (Å²) in [6, 6.07) is 49.5. The fourth-order valence-electron chi connectivity index (χ4n) is 7.14. The van der Waals surface area contributed by atoms with Crippen molar-refractivity contribution < 1.29 is 8.83 Å². The van der Waals surface area contributed by atoms with Crippen molar-refractivity contribution in [2.45, 2.75) is 0 Å². The molecule has 7 aromatic carbocycles. The highest BCUT2D eigenvalue weighted by atomic mass is 32.1. The van der Waals surface area contributed by atoms with Crippen LogP contribution in [0.2, 0.25) is 0 Å². The zero-order valence-corrected chi connectivity index (χ0v) is 27.7. The number of oxazole rings is 1. The van der Waals surface area contributed by atoms with Crippen LogP contribution in [0.15, 0.2) is 154 Å². The van der Waals surface area contributed by atoms with Crippen molar-refractivity contribution in [3.63, 3.8) is 0 Å². The summed E-state index contributed by atoms with van der Waals surface area (Å²) < 4.78 is 15.2. The number of furan rings is 1. The summed E-state index contributed by atoms with van der Waals surface area (Å²) in [5, 5.41) is 6.34. The average Bonchev–Trinajstić information content (AvgIpc) is 3.90. The molecule has 0 atom stereocenters. The number of hydrogen-bond acceptors (Lipinski definition) is 7. The second kappa shape index (κ2) is 10.9. The van der Waals surface area contributed by atoms with Gasteiger partial charge in [-0.3, -0.25) is 0 Å². The van der Waals surface area contributed by atoms with Gasteiger partial charge in [-0.2, -0.15) is 0 Å². The predicted octanol–water partition coefficient (Wildman–Crippen LogP) is 12.1. The van der Waals surface area contributed by atoms with Crippen LogP contribution in [0.3, 0.4) is 0 Å². The smallest absolute Gasteiger partial charge is 0.227 e. The number of nitrogens with zero attached hydrogens (tertiary/aromatic N) is 4. The maximum atomic E-state index is 6.40. The van der Waals surface area contributed by atoms with Crippen LogP contribution in [0.1, 0.15) is 0 Å². The molecule has 4 heterocycles. The molecule has 0 fully saturated rings. The molecule has 11 rings (SSSR count). The Balaban J connectivity index is 1.11. The lowest BCUT2D eigenvalue weighted by Crippen LogP contribution is -2.00. The lowest BCUT2D eigenvalue weighted by molar-refractivity contribution is 0.622. The van der Waals surface area contributed by atoms with Crippen molar-refractivity contribution in [2.75, 3.05) is 0 Å². The van der Waals surface area contributed by atoms with E-state index in [1.807, 2.05) is 72.8 Å². The van der Waals surface area contributed by atoms with Gasteiger partial charge in [0.05, 0.1) is 5.39 Å². The monoisotopic (exact) mass is 672 g/mol. The maximum absolute atomic E-state index is 6.40. The summed E-state index contributed by atoms with van der Waals surface area (Å²) in [4.78, 5) is 20.1. The minimum absolute atomic E-state index is 0.585. The summed E-state index contributed by atoms with van der Waals surface area (Å²) in [5.74, 6) is 2.47. The van der Waals surface area contributed by atoms with Crippen LogP contribution in [0.5, 0.6) is 0 Å². The van der Waals surface area contributed by atoms with Crippen molar-refractivity contribution in [3.05, 3.63) is 146 Å². The summed E-state index contributed by atoms with van der Waals surface area (Å²) in [6.45, 7) is 0. The van der Waals surface area contributed by atoms with Crippen LogP contribution in [0.4, 0.5) is 0 Å². The van der Waals surface area contributed by atoms with Crippen molar-refractivity contribution in [1.29, 1.82) is 0 Å². The molecular weight excluding hydrogens is 649 g/mol. The van der Waals surface area contributed by atoms with E-state index < -0.39 is 0 Å². The van der Waals surface area contributed by atoms with Gasteiger partial charge >= 0.3 is 0 Å². The van der Waals surface area contributed by atoms with Gasteiger partial charge in [-0.05, 0) is 65.4 Å². The zero-order valence-electron chi connectivity index (χ0n) is 26.9. The molecule has 6 nitrogen and oxygen atoms in total. The fourth-order valence-corrected chi connectivity index (χ4v) is 8.27. The van der Waals surface area contributed by atoms with Gasteiger partial charge in [0.1, 0.15) is 16.7 Å². The number of rotatable bonds is 4. The van der Waals surface area contributed by atoms with Crippen LogP contribution in [0, 0.1) is 0 Å². The lowest BCUT2D eigenvalue weighted by atomic mass is 10.0. The molecule has 0 N–H and O–H groups in total. The molecule has 0 aliphatic heterocycles. The zero-order chi connectivity index (χ0) is 33.5. The largest absolute Gasteiger partial charge is 0.456 e. The molecule has 4 aromatic heterocycles. The molecule has 0 aliphatic rings. The number of hydrogen-bond donors (Lipinski definition) is 0. The van der Waals surface area contributed by atoms with E-state index in [0.29, 0.717) is 28.9 Å². The molecule has 0 saturated heterocycles. The Labute approximate surface area is 294 Å². The van der Waals surface area contributed by atoms with Gasteiger partial charge in [0, 0.05) is 47.8 Å². The molecule has 238 valence electrons. The van der Waals surface area contributed by atoms with E-state index in [1.54, 1.807) is 11.3 Å². The normalized spacial score (nSPS) is 11.9. The van der Waals surface area contributed by atoms with E-state index in [2.05, 4.69) is 72.8 Å². The summed E-state index contributed by atoms with van der Waals surface area (Å²) in [7, 11) is 0. The van der Waals surface area contributed by atoms with Gasteiger partial charge in [-0.25, -0.2) is 19.9 Å². The molecule has 7 heteroatoms. The average molecular weight is 673 g/mol. The summed E-state index contributed by atoms with van der Waals surface area (Å²) in [6.07, 6.45) is 0. The molecule has 0 unspecified atom stereocenters. The van der Waals surface area contributed by atoms with Gasteiger partial charge in [-0.1, -0.05) is 91.0 Å². The molecule has 11 aromatic rings. The number of thiophene rings is 1. The lowest BCUT2D eigenvalue weighted by Gasteiger charge is -2.10. The van der Waals surface area contributed by atoms with Crippen LogP contribution < -0.4 is 0 Å². The number of benzene rings is 7. The van der Waals surface area contributed by atoms with E-state index in [0.717, 1.165) is 65.9 Å². The van der Waals surface area contributed by atoms with E-state index in [1.165, 1.54) is 14.8 Å². The van der Waals surface area contributed by atoms with E-state index in [9.17, 15) is 0 Å². The molecule has 0 aliphatic carbocycles. The summed E-state index contributed by atoms with van der Waals surface area (Å²) >= 11 is 1.79. The Kier molecular flexibility index (Phi) is 6.02. The van der Waals surface area contributed by atoms with Gasteiger partial charge < -0.3 is 8.83 Å². The topological polar surface area (TPSA) is 77.8 Å². The van der Waals surface area contributed by atoms with E-state index in [-0.39, 0.29) is 0 Å². The Hall–Kier alpha value is -6.70. The van der Waals surface area contributed by atoms with E-state index >= 15 is 0 Å². The highest BCUT2D eigenvalue weighted by Crippen LogP contribution is 2.41. The van der Waals surface area contributed by atoms with Gasteiger partial charge in [-0.15, -0.1) is 11.3 Å². The first-order valence-electron chi connectivity index (χ1n) is 16.7. The number of aromatic nitrogens is 4.